The molecule has 0 radical (unpaired) electrons. The van der Waals surface area contributed by atoms with Crippen LogP contribution in [0, 0.1) is 17.7 Å². The van der Waals surface area contributed by atoms with Crippen molar-refractivity contribution in [3.05, 3.63) is 35.6 Å². The summed E-state index contributed by atoms with van der Waals surface area (Å²) in [5.41, 5.74) is 1.17. The zero-order valence-corrected chi connectivity index (χ0v) is 11.7. The van der Waals surface area contributed by atoms with Crippen molar-refractivity contribution in [3.63, 3.8) is 0 Å². The van der Waals surface area contributed by atoms with Gasteiger partial charge >= 0.3 is 0 Å². The molecule has 0 aliphatic carbocycles. The average molecular weight is 250 g/mol. The number of ether oxygens (including phenoxy) is 1. The lowest BCUT2D eigenvalue weighted by atomic mass is 9.75. The van der Waals surface area contributed by atoms with Gasteiger partial charge in [0.1, 0.15) is 5.82 Å². The monoisotopic (exact) mass is 250 g/mol. The molecular formula is C16H23FO. The van der Waals surface area contributed by atoms with Gasteiger partial charge in [-0.1, -0.05) is 39.8 Å². The van der Waals surface area contributed by atoms with Crippen molar-refractivity contribution in [2.24, 2.45) is 11.8 Å². The van der Waals surface area contributed by atoms with Crippen LogP contribution >= 0.6 is 0 Å². The number of hydrogen-bond acceptors (Lipinski definition) is 1. The highest BCUT2D eigenvalue weighted by Crippen LogP contribution is 2.45. The highest BCUT2D eigenvalue weighted by Gasteiger charge is 2.45. The van der Waals surface area contributed by atoms with Gasteiger partial charge in [-0.3, -0.25) is 0 Å². The highest BCUT2D eigenvalue weighted by molar-refractivity contribution is 5.22. The minimum Gasteiger partial charge on any atom is -0.374 e. The molecule has 2 rings (SSSR count). The zero-order chi connectivity index (χ0) is 13.3. The molecule has 1 aromatic rings. The maximum atomic E-state index is 13.0. The fraction of sp³-hybridized carbons (Fsp3) is 0.625. The maximum Gasteiger partial charge on any atom is 0.123 e. The molecule has 1 saturated heterocycles. The van der Waals surface area contributed by atoms with E-state index >= 15 is 0 Å². The van der Waals surface area contributed by atoms with E-state index in [0.717, 1.165) is 13.0 Å². The van der Waals surface area contributed by atoms with Gasteiger partial charge in [-0.15, -0.1) is 0 Å². The van der Waals surface area contributed by atoms with Crippen LogP contribution in [0.25, 0.3) is 0 Å². The predicted octanol–water partition coefficient (Wildman–Crippen LogP) is 4.38. The van der Waals surface area contributed by atoms with Crippen LogP contribution < -0.4 is 0 Å². The van der Waals surface area contributed by atoms with Crippen molar-refractivity contribution >= 4 is 0 Å². The molecule has 1 heterocycles. The molecule has 1 nitrogen and oxygen atoms in total. The minimum atomic E-state index is -0.170. The smallest absolute Gasteiger partial charge is 0.123 e. The second kappa shape index (κ2) is 5.00. The molecule has 0 bridgehead atoms. The summed E-state index contributed by atoms with van der Waals surface area (Å²) in [5.74, 6) is 1.23. The van der Waals surface area contributed by atoms with E-state index in [1.807, 2.05) is 12.1 Å². The third-order valence-electron chi connectivity index (χ3n) is 4.41. The highest BCUT2D eigenvalue weighted by atomic mass is 19.1. The molecule has 1 aliphatic heterocycles. The summed E-state index contributed by atoms with van der Waals surface area (Å²) in [6.45, 7) is 9.67. The van der Waals surface area contributed by atoms with Gasteiger partial charge in [0.25, 0.3) is 0 Å². The standard InChI is InChI=1S/C16H23FO/c1-11(2)16(12(3)4)9-14(10-18-16)13-5-7-15(17)8-6-13/h5-8,11-12,14H,9-10H2,1-4H3. The van der Waals surface area contributed by atoms with Gasteiger partial charge in [-0.25, -0.2) is 4.39 Å². The molecule has 0 aromatic heterocycles. The predicted molar refractivity (Wildman–Crippen MR) is 72.1 cm³/mol. The van der Waals surface area contributed by atoms with Crippen LogP contribution in [-0.2, 0) is 4.74 Å². The maximum absolute atomic E-state index is 13.0. The molecule has 1 atom stereocenters. The fourth-order valence-corrected chi connectivity index (χ4v) is 3.18. The Morgan fingerprint density at radius 2 is 1.67 bits per heavy atom. The molecular weight excluding hydrogens is 227 g/mol. The minimum absolute atomic E-state index is 0.0287. The van der Waals surface area contributed by atoms with E-state index < -0.39 is 0 Å². The third-order valence-corrected chi connectivity index (χ3v) is 4.41. The summed E-state index contributed by atoms with van der Waals surface area (Å²) in [6.07, 6.45) is 1.04. The van der Waals surface area contributed by atoms with Crippen molar-refractivity contribution in [3.8, 4) is 0 Å². The van der Waals surface area contributed by atoms with E-state index in [1.54, 1.807) is 12.1 Å². The summed E-state index contributed by atoms with van der Waals surface area (Å²) >= 11 is 0. The first-order chi connectivity index (χ1) is 8.45. The second-order valence-electron chi connectivity index (χ2n) is 6.03. The van der Waals surface area contributed by atoms with Crippen LogP contribution in [0.3, 0.4) is 0 Å². The summed E-state index contributed by atoms with van der Waals surface area (Å²) in [5, 5.41) is 0. The average Bonchev–Trinajstić information content (AvgIpc) is 2.76. The van der Waals surface area contributed by atoms with Gasteiger partial charge in [0.2, 0.25) is 0 Å². The first kappa shape index (κ1) is 13.5. The summed E-state index contributed by atoms with van der Waals surface area (Å²) in [6, 6.07) is 6.86. The van der Waals surface area contributed by atoms with E-state index in [0.29, 0.717) is 17.8 Å². The normalized spacial score (nSPS) is 22.9. The van der Waals surface area contributed by atoms with Crippen LogP contribution in [0.2, 0.25) is 0 Å². The summed E-state index contributed by atoms with van der Waals surface area (Å²) < 4.78 is 19.1. The Hall–Kier alpha value is -0.890. The number of rotatable bonds is 3. The first-order valence-corrected chi connectivity index (χ1v) is 6.85. The zero-order valence-electron chi connectivity index (χ0n) is 11.7. The van der Waals surface area contributed by atoms with Crippen molar-refractivity contribution in [1.82, 2.24) is 0 Å². The van der Waals surface area contributed by atoms with E-state index in [9.17, 15) is 4.39 Å². The second-order valence-corrected chi connectivity index (χ2v) is 6.03. The van der Waals surface area contributed by atoms with Gasteiger partial charge in [0.15, 0.2) is 0 Å². The molecule has 2 heteroatoms. The lowest BCUT2D eigenvalue weighted by molar-refractivity contribution is -0.0682. The molecule has 0 N–H and O–H groups in total. The van der Waals surface area contributed by atoms with E-state index in [1.165, 1.54) is 5.56 Å². The Bertz CT molecular complexity index is 386. The quantitative estimate of drug-likeness (QED) is 0.773. The Labute approximate surface area is 109 Å². The molecule has 100 valence electrons. The van der Waals surface area contributed by atoms with Gasteiger partial charge in [-0.05, 0) is 36.0 Å². The molecule has 0 spiro atoms. The number of benzene rings is 1. The van der Waals surface area contributed by atoms with Crippen molar-refractivity contribution in [2.75, 3.05) is 6.61 Å². The lowest BCUT2D eigenvalue weighted by Gasteiger charge is -2.37. The van der Waals surface area contributed by atoms with Crippen LogP contribution in [0.4, 0.5) is 4.39 Å². The summed E-state index contributed by atoms with van der Waals surface area (Å²) in [4.78, 5) is 0. The van der Waals surface area contributed by atoms with E-state index in [4.69, 9.17) is 4.74 Å². The van der Waals surface area contributed by atoms with Crippen LogP contribution in [0.1, 0.15) is 45.6 Å². The Balaban J connectivity index is 2.18. The number of halogens is 1. The van der Waals surface area contributed by atoms with Crippen LogP contribution in [0.15, 0.2) is 24.3 Å². The Morgan fingerprint density at radius 3 is 2.11 bits per heavy atom. The molecule has 18 heavy (non-hydrogen) atoms. The number of hydrogen-bond donors (Lipinski definition) is 0. The van der Waals surface area contributed by atoms with E-state index in [-0.39, 0.29) is 11.4 Å². The SMILES string of the molecule is CC(C)C1(C(C)C)CC(c2ccc(F)cc2)CO1. The molecule has 1 unspecified atom stereocenters. The summed E-state index contributed by atoms with van der Waals surface area (Å²) in [7, 11) is 0. The van der Waals surface area contributed by atoms with Gasteiger partial charge in [0.05, 0.1) is 12.2 Å². The lowest BCUT2D eigenvalue weighted by Crippen LogP contribution is -2.40. The Morgan fingerprint density at radius 1 is 1.11 bits per heavy atom. The van der Waals surface area contributed by atoms with Gasteiger partial charge in [-0.2, -0.15) is 0 Å². The van der Waals surface area contributed by atoms with Gasteiger partial charge in [0, 0.05) is 5.92 Å². The fourth-order valence-electron chi connectivity index (χ4n) is 3.18. The molecule has 1 fully saturated rings. The molecule has 1 aromatic carbocycles. The largest absolute Gasteiger partial charge is 0.374 e. The van der Waals surface area contributed by atoms with Crippen molar-refractivity contribution < 1.29 is 9.13 Å². The van der Waals surface area contributed by atoms with E-state index in [2.05, 4.69) is 27.7 Å². The first-order valence-electron chi connectivity index (χ1n) is 6.85. The van der Waals surface area contributed by atoms with Crippen molar-refractivity contribution in [2.45, 2.75) is 45.6 Å². The topological polar surface area (TPSA) is 9.23 Å². The molecule has 1 aliphatic rings. The third kappa shape index (κ3) is 2.31. The Kier molecular flexibility index (Phi) is 3.76. The molecule has 0 saturated carbocycles. The van der Waals surface area contributed by atoms with Crippen molar-refractivity contribution in [1.29, 1.82) is 0 Å². The van der Waals surface area contributed by atoms with Crippen LogP contribution in [0.5, 0.6) is 0 Å². The van der Waals surface area contributed by atoms with Gasteiger partial charge < -0.3 is 4.74 Å². The molecule has 0 amide bonds. The van der Waals surface area contributed by atoms with Crippen LogP contribution in [-0.4, -0.2) is 12.2 Å².